The number of allylic oxidation sites excluding steroid dienone is 4. The first-order valence-electron chi connectivity index (χ1n) is 6.45. The first kappa shape index (κ1) is 14.7. The zero-order valence-electron chi connectivity index (χ0n) is 11.4. The van der Waals surface area contributed by atoms with Crippen molar-refractivity contribution in [3.8, 4) is 0 Å². The van der Waals surface area contributed by atoms with Gasteiger partial charge in [-0.15, -0.1) is 0 Å². The van der Waals surface area contributed by atoms with Crippen molar-refractivity contribution in [3.05, 3.63) is 23.8 Å². The number of aliphatic carboxylic acids is 1. The van der Waals surface area contributed by atoms with Crippen LogP contribution in [-0.2, 0) is 9.59 Å². The monoisotopic (exact) mass is 250 g/mol. The summed E-state index contributed by atoms with van der Waals surface area (Å²) >= 11 is 0. The molecule has 3 nitrogen and oxygen atoms in total. The van der Waals surface area contributed by atoms with E-state index in [2.05, 4.69) is 0 Å². The predicted octanol–water partition coefficient (Wildman–Crippen LogP) is 3.36. The SMILES string of the molecule is C/C1=C/CC[C@H](C(=O)O)CCC(C)(C)/C=C/C1=O. The molecule has 0 fully saturated rings. The number of carbonyl (C=O) groups is 2. The maximum atomic E-state index is 11.8. The lowest BCUT2D eigenvalue weighted by Crippen LogP contribution is -2.17. The van der Waals surface area contributed by atoms with Crippen LogP contribution in [-0.4, -0.2) is 16.9 Å². The van der Waals surface area contributed by atoms with Crippen LogP contribution in [0.25, 0.3) is 0 Å². The zero-order chi connectivity index (χ0) is 13.8. The van der Waals surface area contributed by atoms with Gasteiger partial charge in [0.05, 0.1) is 5.92 Å². The van der Waals surface area contributed by atoms with Gasteiger partial charge < -0.3 is 5.11 Å². The molecule has 1 aliphatic carbocycles. The smallest absolute Gasteiger partial charge is 0.306 e. The highest BCUT2D eigenvalue weighted by Gasteiger charge is 2.22. The second kappa shape index (κ2) is 5.98. The van der Waals surface area contributed by atoms with Gasteiger partial charge in [-0.25, -0.2) is 0 Å². The summed E-state index contributed by atoms with van der Waals surface area (Å²) in [5, 5.41) is 9.17. The Morgan fingerprint density at radius 2 is 2.06 bits per heavy atom. The third-order valence-corrected chi connectivity index (χ3v) is 3.53. The Morgan fingerprint density at radius 3 is 2.67 bits per heavy atom. The van der Waals surface area contributed by atoms with E-state index >= 15 is 0 Å². The van der Waals surface area contributed by atoms with Crippen LogP contribution in [0.15, 0.2) is 23.8 Å². The third kappa shape index (κ3) is 4.47. The molecule has 0 saturated carbocycles. The Kier molecular flexibility index (Phi) is 4.88. The standard InChI is InChI=1S/C15H22O3/c1-11-5-4-6-12(14(17)18)7-9-15(2,3)10-8-13(11)16/h5,8,10,12H,4,6-7,9H2,1-3H3,(H,17,18)/b10-8+,11-5-/t12-/m0/s1. The molecule has 1 rings (SSSR count). The normalized spacial score (nSPS) is 29.8. The minimum Gasteiger partial charge on any atom is -0.481 e. The van der Waals surface area contributed by atoms with Crippen LogP contribution in [0.2, 0.25) is 0 Å². The lowest BCUT2D eigenvalue weighted by atomic mass is 9.83. The van der Waals surface area contributed by atoms with Gasteiger partial charge >= 0.3 is 5.97 Å². The topological polar surface area (TPSA) is 54.4 Å². The molecular weight excluding hydrogens is 228 g/mol. The van der Waals surface area contributed by atoms with E-state index in [-0.39, 0.29) is 17.1 Å². The summed E-state index contributed by atoms with van der Waals surface area (Å²) < 4.78 is 0. The number of hydrogen-bond acceptors (Lipinski definition) is 2. The summed E-state index contributed by atoms with van der Waals surface area (Å²) in [6, 6.07) is 0. The average Bonchev–Trinajstić information content (AvgIpc) is 2.30. The Balaban J connectivity index is 2.92. The van der Waals surface area contributed by atoms with E-state index < -0.39 is 5.97 Å². The van der Waals surface area contributed by atoms with E-state index in [4.69, 9.17) is 5.11 Å². The molecule has 0 aliphatic heterocycles. The van der Waals surface area contributed by atoms with E-state index in [0.717, 1.165) is 6.42 Å². The second-order valence-electron chi connectivity index (χ2n) is 5.72. The maximum Gasteiger partial charge on any atom is 0.306 e. The molecule has 0 unspecified atom stereocenters. The van der Waals surface area contributed by atoms with Gasteiger partial charge in [0.2, 0.25) is 0 Å². The third-order valence-electron chi connectivity index (χ3n) is 3.53. The van der Waals surface area contributed by atoms with Gasteiger partial charge in [0.1, 0.15) is 0 Å². The minimum absolute atomic E-state index is 0.0249. The lowest BCUT2D eigenvalue weighted by Gasteiger charge is -2.22. The number of hydrogen-bond donors (Lipinski definition) is 1. The van der Waals surface area contributed by atoms with Gasteiger partial charge in [0.25, 0.3) is 0 Å². The fourth-order valence-electron chi connectivity index (χ4n) is 2.06. The Morgan fingerprint density at radius 1 is 1.39 bits per heavy atom. The van der Waals surface area contributed by atoms with Crippen LogP contribution in [0.3, 0.4) is 0 Å². The molecule has 18 heavy (non-hydrogen) atoms. The van der Waals surface area contributed by atoms with E-state index in [1.165, 1.54) is 0 Å². The van der Waals surface area contributed by atoms with Crippen molar-refractivity contribution in [2.45, 2.75) is 46.5 Å². The van der Waals surface area contributed by atoms with E-state index in [1.807, 2.05) is 26.0 Å². The van der Waals surface area contributed by atoms with Crippen molar-refractivity contribution in [2.24, 2.45) is 11.3 Å². The lowest BCUT2D eigenvalue weighted by molar-refractivity contribution is -0.142. The van der Waals surface area contributed by atoms with Crippen LogP contribution in [0.5, 0.6) is 0 Å². The van der Waals surface area contributed by atoms with Crippen molar-refractivity contribution < 1.29 is 14.7 Å². The number of carboxylic acid groups (broad SMARTS) is 1. The van der Waals surface area contributed by atoms with Crippen molar-refractivity contribution in [3.63, 3.8) is 0 Å². The summed E-state index contributed by atoms with van der Waals surface area (Å²) in [5.74, 6) is -1.02. The minimum atomic E-state index is -0.730. The van der Waals surface area contributed by atoms with Crippen molar-refractivity contribution >= 4 is 11.8 Å². The van der Waals surface area contributed by atoms with Gasteiger partial charge in [-0.1, -0.05) is 26.0 Å². The summed E-state index contributed by atoms with van der Waals surface area (Å²) in [6.45, 7) is 5.85. The Bertz CT molecular complexity index is 389. The zero-order valence-corrected chi connectivity index (χ0v) is 11.4. The summed E-state index contributed by atoms with van der Waals surface area (Å²) in [4.78, 5) is 22.9. The molecule has 0 heterocycles. The molecular formula is C15H22O3. The molecule has 0 radical (unpaired) electrons. The fourth-order valence-corrected chi connectivity index (χ4v) is 2.06. The van der Waals surface area contributed by atoms with Crippen molar-refractivity contribution in [2.75, 3.05) is 0 Å². The quantitative estimate of drug-likeness (QED) is 0.776. The molecule has 0 bridgehead atoms. The largest absolute Gasteiger partial charge is 0.481 e. The van der Waals surface area contributed by atoms with Crippen LogP contribution in [0.4, 0.5) is 0 Å². The summed E-state index contributed by atoms with van der Waals surface area (Å²) in [6.07, 6.45) is 8.07. The predicted molar refractivity (Wildman–Crippen MR) is 71.3 cm³/mol. The van der Waals surface area contributed by atoms with Crippen LogP contribution < -0.4 is 0 Å². The molecule has 0 saturated heterocycles. The second-order valence-corrected chi connectivity index (χ2v) is 5.72. The molecule has 0 aromatic heterocycles. The van der Waals surface area contributed by atoms with Gasteiger partial charge in [-0.3, -0.25) is 9.59 Å². The first-order valence-corrected chi connectivity index (χ1v) is 6.45. The molecule has 1 N–H and O–H groups in total. The highest BCUT2D eigenvalue weighted by atomic mass is 16.4. The summed E-state index contributed by atoms with van der Waals surface area (Å²) in [5.41, 5.74) is 0.571. The van der Waals surface area contributed by atoms with Crippen molar-refractivity contribution in [1.82, 2.24) is 0 Å². The highest BCUT2D eigenvalue weighted by molar-refractivity contribution is 6.03. The molecule has 0 amide bonds. The molecule has 0 spiro atoms. The number of carbonyl (C=O) groups excluding carboxylic acids is 1. The first-order chi connectivity index (χ1) is 8.32. The van der Waals surface area contributed by atoms with E-state index in [0.29, 0.717) is 24.8 Å². The molecule has 1 aliphatic rings. The van der Waals surface area contributed by atoms with Gasteiger partial charge in [-0.2, -0.15) is 0 Å². The van der Waals surface area contributed by atoms with E-state index in [1.54, 1.807) is 13.0 Å². The highest BCUT2D eigenvalue weighted by Crippen LogP contribution is 2.29. The molecule has 3 heteroatoms. The fraction of sp³-hybridized carbons (Fsp3) is 0.600. The van der Waals surface area contributed by atoms with Crippen LogP contribution in [0.1, 0.15) is 46.5 Å². The van der Waals surface area contributed by atoms with Crippen LogP contribution >= 0.6 is 0 Å². The Hall–Kier alpha value is -1.38. The number of carboxylic acids is 1. The van der Waals surface area contributed by atoms with Crippen LogP contribution in [0, 0.1) is 11.3 Å². The molecule has 1 atom stereocenters. The summed E-state index contributed by atoms with van der Waals surface area (Å²) in [7, 11) is 0. The van der Waals surface area contributed by atoms with Gasteiger partial charge in [-0.05, 0) is 49.7 Å². The molecule has 0 aromatic carbocycles. The molecule has 0 aromatic rings. The maximum absolute atomic E-state index is 11.8. The van der Waals surface area contributed by atoms with Gasteiger partial charge in [0, 0.05) is 0 Å². The van der Waals surface area contributed by atoms with Gasteiger partial charge in [0.15, 0.2) is 5.78 Å². The number of ketones is 1. The molecule has 100 valence electrons. The van der Waals surface area contributed by atoms with E-state index in [9.17, 15) is 9.59 Å². The van der Waals surface area contributed by atoms with Crippen molar-refractivity contribution in [1.29, 1.82) is 0 Å². The average molecular weight is 250 g/mol. The Labute approximate surface area is 109 Å². The number of rotatable bonds is 1.